The summed E-state index contributed by atoms with van der Waals surface area (Å²) in [5.74, 6) is -1.48. The summed E-state index contributed by atoms with van der Waals surface area (Å²) in [4.78, 5) is 12.1. The van der Waals surface area contributed by atoms with Crippen molar-refractivity contribution in [1.82, 2.24) is 4.31 Å². The molecule has 11 heteroatoms. The molecule has 2 heterocycles. The molecule has 1 aromatic rings. The van der Waals surface area contributed by atoms with Crippen molar-refractivity contribution in [2.24, 2.45) is 5.92 Å². The number of amides is 1. The van der Waals surface area contributed by atoms with Gasteiger partial charge in [-0.1, -0.05) is 6.92 Å². The van der Waals surface area contributed by atoms with E-state index in [2.05, 4.69) is 0 Å². The fourth-order valence-corrected chi connectivity index (χ4v) is 6.40. The number of hydrogen-bond donors (Lipinski definition) is 0. The van der Waals surface area contributed by atoms with Gasteiger partial charge in [-0.3, -0.25) is 4.79 Å². The summed E-state index contributed by atoms with van der Waals surface area (Å²) in [6.07, 6.45) is 0. The standard InChI is InChI=1S/C15H20N2O7S2/c1-11-10-25(19,20)17(15(11)18)12-3-4-13(23-2)14(9-12)26(21,22)16-5-7-24-8-6-16/h3-4,9,11H,5-8,10H2,1-2H3. The number of ether oxygens (including phenoxy) is 2. The van der Waals surface area contributed by atoms with Gasteiger partial charge in [-0.25, -0.2) is 21.1 Å². The van der Waals surface area contributed by atoms with Crippen molar-refractivity contribution < 1.29 is 31.1 Å². The molecule has 2 fully saturated rings. The lowest BCUT2D eigenvalue weighted by atomic mass is 10.2. The molecule has 0 radical (unpaired) electrons. The number of carbonyl (C=O) groups is 1. The number of morpholine rings is 1. The van der Waals surface area contributed by atoms with E-state index in [1.165, 1.54) is 36.5 Å². The van der Waals surface area contributed by atoms with Gasteiger partial charge in [-0.2, -0.15) is 4.31 Å². The summed E-state index contributed by atoms with van der Waals surface area (Å²) in [5.41, 5.74) is -0.00742. The second-order valence-electron chi connectivity index (χ2n) is 6.13. The largest absolute Gasteiger partial charge is 0.495 e. The Labute approximate surface area is 152 Å². The van der Waals surface area contributed by atoms with Crippen LogP contribution in [-0.2, 0) is 29.6 Å². The molecular weight excluding hydrogens is 384 g/mol. The number of carbonyl (C=O) groups excluding carboxylic acids is 1. The molecule has 0 N–H and O–H groups in total. The number of hydrogen-bond acceptors (Lipinski definition) is 7. The molecule has 2 aliphatic rings. The van der Waals surface area contributed by atoms with Gasteiger partial charge in [-0.15, -0.1) is 0 Å². The first-order valence-corrected chi connectivity index (χ1v) is 11.1. The SMILES string of the molecule is COc1ccc(N2C(=O)C(C)CS2(=O)=O)cc1S(=O)(=O)N1CCOCC1. The van der Waals surface area contributed by atoms with Crippen molar-refractivity contribution in [3.05, 3.63) is 18.2 Å². The van der Waals surface area contributed by atoms with Gasteiger partial charge in [0, 0.05) is 13.1 Å². The van der Waals surface area contributed by atoms with Crippen LogP contribution in [0.4, 0.5) is 5.69 Å². The van der Waals surface area contributed by atoms with Gasteiger partial charge in [0.1, 0.15) is 10.6 Å². The second-order valence-corrected chi connectivity index (χ2v) is 9.90. The lowest BCUT2D eigenvalue weighted by Gasteiger charge is -2.27. The third-order valence-corrected chi connectivity index (χ3v) is 8.12. The maximum atomic E-state index is 13.0. The third kappa shape index (κ3) is 3.20. The van der Waals surface area contributed by atoms with Gasteiger partial charge in [-0.05, 0) is 18.2 Å². The molecule has 9 nitrogen and oxygen atoms in total. The van der Waals surface area contributed by atoms with Crippen LogP contribution in [-0.4, -0.2) is 66.2 Å². The summed E-state index contributed by atoms with van der Waals surface area (Å²) < 4.78 is 62.8. The molecule has 0 aliphatic carbocycles. The zero-order chi connectivity index (χ0) is 19.1. The molecule has 0 aromatic heterocycles. The Morgan fingerprint density at radius 2 is 1.88 bits per heavy atom. The molecule has 1 atom stereocenters. The average molecular weight is 404 g/mol. The highest BCUT2D eigenvalue weighted by atomic mass is 32.2. The minimum atomic E-state index is -3.93. The van der Waals surface area contributed by atoms with E-state index in [0.29, 0.717) is 4.31 Å². The normalized spacial score (nSPS) is 24.0. The first-order chi connectivity index (χ1) is 12.2. The molecule has 26 heavy (non-hydrogen) atoms. The zero-order valence-electron chi connectivity index (χ0n) is 14.4. The molecule has 144 valence electrons. The van der Waals surface area contributed by atoms with Gasteiger partial charge >= 0.3 is 0 Å². The number of sulfonamides is 2. The van der Waals surface area contributed by atoms with Crippen molar-refractivity contribution in [1.29, 1.82) is 0 Å². The predicted molar refractivity (Wildman–Crippen MR) is 93.0 cm³/mol. The van der Waals surface area contributed by atoms with Crippen LogP contribution in [0, 0.1) is 5.92 Å². The van der Waals surface area contributed by atoms with Crippen LogP contribution >= 0.6 is 0 Å². The van der Waals surface area contributed by atoms with E-state index >= 15 is 0 Å². The topological polar surface area (TPSA) is 110 Å². The Balaban J connectivity index is 2.09. The van der Waals surface area contributed by atoms with Crippen molar-refractivity contribution in [3.63, 3.8) is 0 Å². The van der Waals surface area contributed by atoms with Crippen molar-refractivity contribution in [2.45, 2.75) is 11.8 Å². The molecule has 2 aliphatic heterocycles. The first-order valence-electron chi connectivity index (χ1n) is 8.01. The summed E-state index contributed by atoms with van der Waals surface area (Å²) in [6.45, 7) is 2.45. The van der Waals surface area contributed by atoms with E-state index in [9.17, 15) is 21.6 Å². The number of nitrogens with zero attached hydrogens (tertiary/aromatic N) is 2. The van der Waals surface area contributed by atoms with Crippen molar-refractivity contribution >= 4 is 31.6 Å². The maximum absolute atomic E-state index is 13.0. The van der Waals surface area contributed by atoms with Crippen molar-refractivity contribution in [3.8, 4) is 5.75 Å². The minimum absolute atomic E-state index is 0.00742. The van der Waals surface area contributed by atoms with Gasteiger partial charge < -0.3 is 9.47 Å². The molecule has 2 saturated heterocycles. The van der Waals surface area contributed by atoms with Crippen LogP contribution in [0.5, 0.6) is 5.75 Å². The Kier molecular flexibility index (Phi) is 4.99. The molecule has 3 rings (SSSR count). The highest BCUT2D eigenvalue weighted by Gasteiger charge is 2.42. The summed E-state index contributed by atoms with van der Waals surface area (Å²) in [5, 5.41) is 0. The van der Waals surface area contributed by atoms with Crippen molar-refractivity contribution in [2.75, 3.05) is 43.5 Å². The van der Waals surface area contributed by atoms with Gasteiger partial charge in [0.15, 0.2) is 0 Å². The van der Waals surface area contributed by atoms with Gasteiger partial charge in [0.05, 0.1) is 37.7 Å². The fraction of sp³-hybridized carbons (Fsp3) is 0.533. The summed E-state index contributed by atoms with van der Waals surface area (Å²) >= 11 is 0. The summed E-state index contributed by atoms with van der Waals surface area (Å²) in [7, 11) is -6.43. The third-order valence-electron chi connectivity index (χ3n) is 4.33. The van der Waals surface area contributed by atoms with E-state index in [1.54, 1.807) is 0 Å². The van der Waals surface area contributed by atoms with E-state index in [4.69, 9.17) is 9.47 Å². The van der Waals surface area contributed by atoms with Crippen LogP contribution in [0.15, 0.2) is 23.1 Å². The van der Waals surface area contributed by atoms with E-state index in [-0.39, 0.29) is 48.4 Å². The molecule has 0 bridgehead atoms. The van der Waals surface area contributed by atoms with Gasteiger partial charge in [0.25, 0.3) is 0 Å². The molecular formula is C15H20N2O7S2. The molecule has 1 aromatic carbocycles. The number of methoxy groups -OCH3 is 1. The lowest BCUT2D eigenvalue weighted by Crippen LogP contribution is -2.40. The fourth-order valence-electron chi connectivity index (χ4n) is 3.01. The highest BCUT2D eigenvalue weighted by molar-refractivity contribution is 7.94. The van der Waals surface area contributed by atoms with Crippen LogP contribution in [0.1, 0.15) is 6.92 Å². The highest BCUT2D eigenvalue weighted by Crippen LogP contribution is 2.35. The quantitative estimate of drug-likeness (QED) is 0.696. The maximum Gasteiger partial charge on any atom is 0.246 e. The number of rotatable bonds is 4. The Morgan fingerprint density at radius 1 is 1.23 bits per heavy atom. The summed E-state index contributed by atoms with van der Waals surface area (Å²) in [6, 6.07) is 3.90. The second kappa shape index (κ2) is 6.80. The Morgan fingerprint density at radius 3 is 2.42 bits per heavy atom. The van der Waals surface area contributed by atoms with E-state index in [1.807, 2.05) is 0 Å². The smallest absolute Gasteiger partial charge is 0.246 e. The molecule has 0 spiro atoms. The van der Waals surface area contributed by atoms with Crippen LogP contribution < -0.4 is 9.04 Å². The zero-order valence-corrected chi connectivity index (χ0v) is 16.0. The van der Waals surface area contributed by atoms with Gasteiger partial charge in [0.2, 0.25) is 26.0 Å². The lowest BCUT2D eigenvalue weighted by molar-refractivity contribution is -0.119. The monoisotopic (exact) mass is 404 g/mol. The van der Waals surface area contributed by atoms with Crippen LogP contribution in [0.25, 0.3) is 0 Å². The first kappa shape index (κ1) is 19.1. The molecule has 0 saturated carbocycles. The van der Waals surface area contributed by atoms with E-state index < -0.39 is 31.9 Å². The van der Waals surface area contributed by atoms with Crippen LogP contribution in [0.3, 0.4) is 0 Å². The predicted octanol–water partition coefficient (Wildman–Crippen LogP) is 0.0286. The molecule has 1 amide bonds. The number of benzene rings is 1. The number of anilines is 1. The van der Waals surface area contributed by atoms with Crippen LogP contribution in [0.2, 0.25) is 0 Å². The molecule has 1 unspecified atom stereocenters. The minimum Gasteiger partial charge on any atom is -0.495 e. The Hall–Kier alpha value is -1.69. The average Bonchev–Trinajstić information content (AvgIpc) is 2.82. The van der Waals surface area contributed by atoms with E-state index in [0.717, 1.165) is 0 Å². The Bertz CT molecular complexity index is 921.